The van der Waals surface area contributed by atoms with Crippen LogP contribution in [0, 0.1) is 12.8 Å². The Labute approximate surface area is 185 Å². The standard InChI is InChI=1S/C24H25F3N4O/c1-3-30-12-20(24(25,26)27)21(13-30)31-11-18-8-19-17(7-16(18)9-22(31)32)10-29-23(19)15-4-5-28-14(2)6-15/h4-8,20-21H,3,9-13H2,1-2H3/t20-,21-/m1/s1. The van der Waals surface area contributed by atoms with Crippen LogP contribution in [0.25, 0.3) is 0 Å². The Morgan fingerprint density at radius 1 is 1.12 bits per heavy atom. The minimum atomic E-state index is -4.33. The smallest absolute Gasteiger partial charge is 0.333 e. The Hall–Kier alpha value is -2.74. The van der Waals surface area contributed by atoms with Gasteiger partial charge in [0.05, 0.1) is 30.6 Å². The van der Waals surface area contributed by atoms with Gasteiger partial charge in [-0.05, 0) is 48.4 Å². The highest BCUT2D eigenvalue weighted by Gasteiger charge is 2.52. The minimum absolute atomic E-state index is 0.0519. The monoisotopic (exact) mass is 442 g/mol. The van der Waals surface area contributed by atoms with Crippen LogP contribution in [0.1, 0.15) is 40.4 Å². The summed E-state index contributed by atoms with van der Waals surface area (Å²) in [6, 6.07) is 7.09. The maximum atomic E-state index is 13.8. The van der Waals surface area contributed by atoms with Crippen molar-refractivity contribution >= 4 is 11.6 Å². The average molecular weight is 442 g/mol. The molecular formula is C24H25F3N4O. The van der Waals surface area contributed by atoms with E-state index in [2.05, 4.69) is 4.98 Å². The number of rotatable bonds is 3. The van der Waals surface area contributed by atoms with Crippen LogP contribution in [0.5, 0.6) is 0 Å². The number of likely N-dealkylation sites (tertiary alicyclic amines) is 1. The number of aromatic nitrogens is 1. The van der Waals surface area contributed by atoms with Crippen molar-refractivity contribution in [2.75, 3.05) is 19.6 Å². The first-order valence-corrected chi connectivity index (χ1v) is 11.0. The lowest BCUT2D eigenvalue weighted by molar-refractivity contribution is -0.185. The van der Waals surface area contributed by atoms with Crippen LogP contribution in [-0.2, 0) is 24.3 Å². The van der Waals surface area contributed by atoms with Gasteiger partial charge in [-0.1, -0.05) is 13.0 Å². The van der Waals surface area contributed by atoms with E-state index in [1.54, 1.807) is 11.1 Å². The molecule has 0 aliphatic carbocycles. The third-order valence-corrected chi connectivity index (χ3v) is 6.89. The summed E-state index contributed by atoms with van der Waals surface area (Å²) in [4.78, 5) is 25.1. The van der Waals surface area contributed by atoms with Gasteiger partial charge in [-0.3, -0.25) is 14.8 Å². The summed E-state index contributed by atoms with van der Waals surface area (Å²) in [6.07, 6.45) is -2.44. The van der Waals surface area contributed by atoms with Crippen LogP contribution in [0.4, 0.5) is 13.2 Å². The number of hydrogen-bond acceptors (Lipinski definition) is 4. The van der Waals surface area contributed by atoms with Gasteiger partial charge in [0.15, 0.2) is 0 Å². The number of aryl methyl sites for hydroxylation is 1. The van der Waals surface area contributed by atoms with Gasteiger partial charge in [-0.25, -0.2) is 0 Å². The molecule has 168 valence electrons. The Bertz CT molecular complexity index is 1110. The van der Waals surface area contributed by atoms with E-state index in [1.165, 1.54) is 4.90 Å². The lowest BCUT2D eigenvalue weighted by atomic mass is 9.89. The summed E-state index contributed by atoms with van der Waals surface area (Å²) in [5.74, 6) is -1.74. The second-order valence-corrected chi connectivity index (χ2v) is 8.89. The van der Waals surface area contributed by atoms with Crippen molar-refractivity contribution in [2.24, 2.45) is 10.9 Å². The van der Waals surface area contributed by atoms with Gasteiger partial charge in [-0.2, -0.15) is 13.2 Å². The van der Waals surface area contributed by atoms with Gasteiger partial charge in [0.1, 0.15) is 0 Å². The first-order valence-electron chi connectivity index (χ1n) is 11.0. The second-order valence-electron chi connectivity index (χ2n) is 8.89. The van der Waals surface area contributed by atoms with E-state index in [4.69, 9.17) is 4.99 Å². The van der Waals surface area contributed by atoms with E-state index < -0.39 is 18.1 Å². The number of carbonyl (C=O) groups excluding carboxylic acids is 1. The van der Waals surface area contributed by atoms with Gasteiger partial charge < -0.3 is 9.80 Å². The molecule has 5 rings (SSSR count). The van der Waals surface area contributed by atoms with Gasteiger partial charge in [-0.15, -0.1) is 0 Å². The van der Waals surface area contributed by atoms with E-state index in [0.29, 0.717) is 13.1 Å². The number of carbonyl (C=O) groups is 1. The summed E-state index contributed by atoms with van der Waals surface area (Å²) in [6.45, 7) is 5.28. The molecule has 0 saturated carbocycles. The summed E-state index contributed by atoms with van der Waals surface area (Å²) < 4.78 is 41.3. The fraction of sp³-hybridized carbons (Fsp3) is 0.458. The van der Waals surface area contributed by atoms with Crippen LogP contribution >= 0.6 is 0 Å². The molecule has 4 heterocycles. The van der Waals surface area contributed by atoms with E-state index in [-0.39, 0.29) is 32.0 Å². The molecule has 5 nitrogen and oxygen atoms in total. The second kappa shape index (κ2) is 7.69. The van der Waals surface area contributed by atoms with Crippen molar-refractivity contribution in [3.63, 3.8) is 0 Å². The number of alkyl halides is 3. The minimum Gasteiger partial charge on any atom is -0.333 e. The molecule has 2 aromatic rings. The van der Waals surface area contributed by atoms with Crippen LogP contribution < -0.4 is 0 Å². The number of benzene rings is 1. The lowest BCUT2D eigenvalue weighted by Gasteiger charge is -2.37. The maximum Gasteiger partial charge on any atom is 0.395 e. The number of pyridine rings is 1. The fourth-order valence-corrected chi connectivity index (χ4v) is 5.19. The highest BCUT2D eigenvalue weighted by atomic mass is 19.4. The Balaban J connectivity index is 1.47. The molecule has 1 saturated heterocycles. The Morgan fingerprint density at radius 2 is 1.94 bits per heavy atom. The van der Waals surface area contributed by atoms with E-state index in [0.717, 1.165) is 39.2 Å². The molecule has 2 atom stereocenters. The predicted molar refractivity (Wildman–Crippen MR) is 114 cm³/mol. The Morgan fingerprint density at radius 3 is 2.66 bits per heavy atom. The highest BCUT2D eigenvalue weighted by Crippen LogP contribution is 2.39. The third-order valence-electron chi connectivity index (χ3n) is 6.89. The van der Waals surface area contributed by atoms with Gasteiger partial charge in [0.25, 0.3) is 0 Å². The molecule has 1 fully saturated rings. The molecule has 0 N–H and O–H groups in total. The molecule has 8 heteroatoms. The number of hydrogen-bond donors (Lipinski definition) is 0. The van der Waals surface area contributed by atoms with Crippen molar-refractivity contribution in [3.05, 3.63) is 64.0 Å². The van der Waals surface area contributed by atoms with Crippen LogP contribution in [0.2, 0.25) is 0 Å². The van der Waals surface area contributed by atoms with Crippen molar-refractivity contribution in [1.29, 1.82) is 0 Å². The number of halogens is 3. The number of nitrogens with zero attached hydrogens (tertiary/aromatic N) is 4. The summed E-state index contributed by atoms with van der Waals surface area (Å²) in [5, 5.41) is 0. The van der Waals surface area contributed by atoms with Gasteiger partial charge >= 0.3 is 6.18 Å². The molecule has 0 unspecified atom stereocenters. The molecular weight excluding hydrogens is 417 g/mol. The first kappa shape index (κ1) is 21.1. The fourth-order valence-electron chi connectivity index (χ4n) is 5.19. The van der Waals surface area contributed by atoms with Crippen molar-refractivity contribution in [3.8, 4) is 0 Å². The maximum absolute atomic E-state index is 13.8. The summed E-state index contributed by atoms with van der Waals surface area (Å²) in [7, 11) is 0. The van der Waals surface area contributed by atoms with E-state index in [9.17, 15) is 18.0 Å². The van der Waals surface area contributed by atoms with Crippen molar-refractivity contribution in [2.45, 2.75) is 45.6 Å². The highest BCUT2D eigenvalue weighted by molar-refractivity contribution is 6.15. The molecule has 1 aromatic carbocycles. The van der Waals surface area contributed by atoms with Crippen LogP contribution in [-0.4, -0.2) is 58.3 Å². The lowest BCUT2D eigenvalue weighted by Crippen LogP contribution is -2.50. The zero-order valence-corrected chi connectivity index (χ0v) is 18.1. The molecule has 32 heavy (non-hydrogen) atoms. The predicted octanol–water partition coefficient (Wildman–Crippen LogP) is 3.51. The van der Waals surface area contributed by atoms with Gasteiger partial charge in [0.2, 0.25) is 5.91 Å². The number of fused-ring (bicyclic) bond motifs is 2. The van der Waals surface area contributed by atoms with Gasteiger partial charge in [0, 0.05) is 42.7 Å². The topological polar surface area (TPSA) is 48.8 Å². The molecule has 0 radical (unpaired) electrons. The van der Waals surface area contributed by atoms with Crippen LogP contribution in [0.3, 0.4) is 0 Å². The molecule has 1 aromatic heterocycles. The largest absolute Gasteiger partial charge is 0.395 e. The molecule has 1 amide bonds. The summed E-state index contributed by atoms with van der Waals surface area (Å²) in [5.41, 5.74) is 6.63. The Kier molecular flexibility index (Phi) is 5.08. The number of likely N-dealkylation sites (N-methyl/N-ethyl adjacent to an activating group) is 1. The zero-order valence-electron chi connectivity index (χ0n) is 18.1. The van der Waals surface area contributed by atoms with E-state index in [1.807, 2.05) is 38.1 Å². The van der Waals surface area contributed by atoms with E-state index >= 15 is 0 Å². The molecule has 3 aliphatic rings. The molecule has 0 spiro atoms. The van der Waals surface area contributed by atoms with Crippen LogP contribution in [0.15, 0.2) is 35.5 Å². The normalized spacial score (nSPS) is 23.3. The summed E-state index contributed by atoms with van der Waals surface area (Å²) >= 11 is 0. The number of aliphatic imine (C=N–C) groups is 1. The quantitative estimate of drug-likeness (QED) is 0.731. The third kappa shape index (κ3) is 3.60. The zero-order chi connectivity index (χ0) is 22.6. The van der Waals surface area contributed by atoms with Crippen molar-refractivity contribution in [1.82, 2.24) is 14.8 Å². The first-order chi connectivity index (χ1) is 15.2. The molecule has 0 bridgehead atoms. The number of amides is 1. The molecule has 3 aliphatic heterocycles. The van der Waals surface area contributed by atoms with Crippen molar-refractivity contribution < 1.29 is 18.0 Å². The average Bonchev–Trinajstić information content (AvgIpc) is 3.35. The SMILES string of the molecule is CCN1C[C@@H](N2Cc3cc4c(cc3CC2=O)CN=C4c2ccnc(C)c2)[C@H](C(F)(F)F)C1.